The van der Waals surface area contributed by atoms with Gasteiger partial charge in [0.25, 0.3) is 0 Å². The third-order valence-corrected chi connectivity index (χ3v) is 6.80. The lowest BCUT2D eigenvalue weighted by atomic mass is 9.93. The SMILES string of the molecule is C=C(/C=C(\OC)C(C(=O)OC)C(C)C)OCCOCCOCCOc1ccc(-c2ccc3c(c2)[nH]c2ccncc23)cn1. The van der Waals surface area contributed by atoms with Gasteiger partial charge in [-0.05, 0) is 29.7 Å². The predicted octanol–water partition coefficient (Wildman–Crippen LogP) is 5.70. The highest BCUT2D eigenvalue weighted by Crippen LogP contribution is 2.29. The molecule has 4 aromatic rings. The molecular weight excluding hydrogens is 550 g/mol. The average Bonchev–Trinajstić information content (AvgIpc) is 3.39. The lowest BCUT2D eigenvalue weighted by Gasteiger charge is -2.21. The molecule has 228 valence electrons. The van der Waals surface area contributed by atoms with Gasteiger partial charge in [0.1, 0.15) is 30.6 Å². The number of hydrogen-bond acceptors (Lipinski definition) is 9. The van der Waals surface area contributed by atoms with Crippen LogP contribution in [0, 0.1) is 11.8 Å². The minimum absolute atomic E-state index is 0.00612. The van der Waals surface area contributed by atoms with Crippen molar-refractivity contribution in [3.8, 4) is 17.0 Å². The quantitative estimate of drug-likeness (QED) is 0.0717. The molecule has 4 rings (SSSR count). The number of methoxy groups -OCH3 is 2. The normalized spacial score (nSPS) is 12.4. The van der Waals surface area contributed by atoms with Gasteiger partial charge in [-0.1, -0.05) is 32.6 Å². The molecule has 1 unspecified atom stereocenters. The summed E-state index contributed by atoms with van der Waals surface area (Å²) < 4.78 is 32.7. The highest BCUT2D eigenvalue weighted by molar-refractivity contribution is 6.07. The van der Waals surface area contributed by atoms with Gasteiger partial charge in [0.05, 0.1) is 40.6 Å². The molecule has 10 heteroatoms. The number of fused-ring (bicyclic) bond motifs is 3. The number of pyridine rings is 2. The molecule has 1 atom stereocenters. The number of carbonyl (C=O) groups is 1. The summed E-state index contributed by atoms with van der Waals surface area (Å²) in [5.41, 5.74) is 4.20. The van der Waals surface area contributed by atoms with Crippen LogP contribution >= 0.6 is 0 Å². The first-order chi connectivity index (χ1) is 20.9. The number of nitrogens with one attached hydrogen (secondary N) is 1. The number of aromatic nitrogens is 3. The number of hydrogen-bond donors (Lipinski definition) is 1. The van der Waals surface area contributed by atoms with Gasteiger partial charge in [0.2, 0.25) is 5.88 Å². The number of carbonyl (C=O) groups excluding carboxylic acids is 1. The van der Waals surface area contributed by atoms with E-state index in [4.69, 9.17) is 28.4 Å². The number of nitrogens with zero attached hydrogens (tertiary/aromatic N) is 2. The van der Waals surface area contributed by atoms with E-state index < -0.39 is 5.92 Å². The van der Waals surface area contributed by atoms with E-state index >= 15 is 0 Å². The number of allylic oxidation sites excluding steroid dienone is 1. The first kappa shape index (κ1) is 31.5. The van der Waals surface area contributed by atoms with Crippen LogP contribution in [0.4, 0.5) is 0 Å². The number of ether oxygens (including phenoxy) is 6. The van der Waals surface area contributed by atoms with E-state index in [2.05, 4.69) is 39.7 Å². The molecule has 3 aromatic heterocycles. The van der Waals surface area contributed by atoms with Gasteiger partial charge in [-0.3, -0.25) is 9.78 Å². The highest BCUT2D eigenvalue weighted by Gasteiger charge is 2.28. The zero-order chi connectivity index (χ0) is 30.6. The van der Waals surface area contributed by atoms with E-state index in [9.17, 15) is 4.79 Å². The Morgan fingerprint density at radius 3 is 2.33 bits per heavy atom. The Labute approximate surface area is 251 Å². The number of benzene rings is 1. The molecule has 0 radical (unpaired) electrons. The van der Waals surface area contributed by atoms with Crippen LogP contribution < -0.4 is 4.74 Å². The monoisotopic (exact) mass is 589 g/mol. The molecule has 0 aliphatic heterocycles. The lowest BCUT2D eigenvalue weighted by molar-refractivity contribution is -0.146. The Hall–Kier alpha value is -4.41. The maximum atomic E-state index is 12.1. The highest BCUT2D eigenvalue weighted by atomic mass is 16.6. The molecule has 0 aliphatic rings. The van der Waals surface area contributed by atoms with Crippen LogP contribution in [-0.2, 0) is 28.5 Å². The van der Waals surface area contributed by atoms with Gasteiger partial charge in [0, 0.05) is 58.1 Å². The maximum absolute atomic E-state index is 12.1. The van der Waals surface area contributed by atoms with Gasteiger partial charge < -0.3 is 33.4 Å². The fourth-order valence-corrected chi connectivity index (χ4v) is 4.64. The summed E-state index contributed by atoms with van der Waals surface area (Å²) in [7, 11) is 2.86. The van der Waals surface area contributed by atoms with Gasteiger partial charge >= 0.3 is 5.97 Å². The molecular formula is C33H39N3O7. The molecule has 3 heterocycles. The Bertz CT molecular complexity index is 1530. The van der Waals surface area contributed by atoms with E-state index in [0.717, 1.165) is 32.9 Å². The second-order valence-corrected chi connectivity index (χ2v) is 10.1. The molecule has 10 nitrogen and oxygen atoms in total. The second kappa shape index (κ2) is 15.7. The third-order valence-electron chi connectivity index (χ3n) is 6.80. The molecule has 1 aromatic carbocycles. The first-order valence-electron chi connectivity index (χ1n) is 14.2. The van der Waals surface area contributed by atoms with Crippen LogP contribution in [0.3, 0.4) is 0 Å². The number of aromatic amines is 1. The largest absolute Gasteiger partial charge is 0.500 e. The van der Waals surface area contributed by atoms with E-state index in [1.807, 2.05) is 38.2 Å². The van der Waals surface area contributed by atoms with Crippen molar-refractivity contribution < 1.29 is 33.2 Å². The predicted molar refractivity (Wildman–Crippen MR) is 164 cm³/mol. The summed E-state index contributed by atoms with van der Waals surface area (Å²) in [5, 5.41) is 2.26. The molecule has 0 saturated heterocycles. The Morgan fingerprint density at radius 2 is 1.63 bits per heavy atom. The topological polar surface area (TPSA) is 114 Å². The molecule has 0 spiro atoms. The maximum Gasteiger partial charge on any atom is 0.316 e. The molecule has 1 N–H and O–H groups in total. The Balaban J connectivity index is 1.09. The van der Waals surface area contributed by atoms with Crippen molar-refractivity contribution in [1.29, 1.82) is 0 Å². The molecule has 0 aliphatic carbocycles. The van der Waals surface area contributed by atoms with E-state index in [-0.39, 0.29) is 11.9 Å². The van der Waals surface area contributed by atoms with E-state index in [1.54, 1.807) is 18.5 Å². The number of H-pyrrole nitrogens is 1. The van der Waals surface area contributed by atoms with Crippen LogP contribution in [0.2, 0.25) is 0 Å². The zero-order valence-corrected chi connectivity index (χ0v) is 25.1. The summed E-state index contributed by atoms with van der Waals surface area (Å²) in [5.74, 6) is 0.444. The smallest absolute Gasteiger partial charge is 0.316 e. The van der Waals surface area contributed by atoms with Crippen molar-refractivity contribution in [1.82, 2.24) is 15.0 Å². The summed E-state index contributed by atoms with van der Waals surface area (Å²) in [6.45, 7) is 9.99. The molecule has 0 saturated carbocycles. The standard InChI is InChI=1S/C33H39N3O7/c1-22(2)32(33(37)39-5)30(38-4)18-23(3)42-16-14-40-12-13-41-15-17-43-31-9-7-25(20-35-31)24-6-8-26-27-21-34-11-10-28(27)36-29(26)19-24/h6-11,18-22,32,36H,3,12-17H2,1-2,4-5H3/b30-18-. The van der Waals surface area contributed by atoms with Crippen LogP contribution in [0.25, 0.3) is 32.9 Å². The average molecular weight is 590 g/mol. The lowest BCUT2D eigenvalue weighted by Crippen LogP contribution is -2.25. The molecule has 43 heavy (non-hydrogen) atoms. The summed E-state index contributed by atoms with van der Waals surface area (Å²) in [4.78, 5) is 24.2. The summed E-state index contributed by atoms with van der Waals surface area (Å²) in [6.07, 6.45) is 7.08. The van der Waals surface area contributed by atoms with E-state index in [1.165, 1.54) is 14.2 Å². The van der Waals surface area contributed by atoms with Crippen molar-refractivity contribution in [2.45, 2.75) is 13.8 Å². The van der Waals surface area contributed by atoms with Crippen molar-refractivity contribution >= 4 is 27.8 Å². The van der Waals surface area contributed by atoms with Crippen molar-refractivity contribution in [2.24, 2.45) is 11.8 Å². The van der Waals surface area contributed by atoms with Gasteiger partial charge in [0.15, 0.2) is 0 Å². The Kier molecular flexibility index (Phi) is 11.5. The van der Waals surface area contributed by atoms with Gasteiger partial charge in [-0.15, -0.1) is 0 Å². The second-order valence-electron chi connectivity index (χ2n) is 10.1. The van der Waals surface area contributed by atoms with Crippen LogP contribution in [0.5, 0.6) is 5.88 Å². The van der Waals surface area contributed by atoms with Crippen LogP contribution in [0.15, 0.2) is 79.2 Å². The fraction of sp³-hybridized carbons (Fsp3) is 0.364. The molecule has 0 fully saturated rings. The Morgan fingerprint density at radius 1 is 0.884 bits per heavy atom. The molecule has 0 amide bonds. The van der Waals surface area contributed by atoms with Crippen molar-refractivity contribution in [2.75, 3.05) is 53.9 Å². The fourth-order valence-electron chi connectivity index (χ4n) is 4.64. The minimum Gasteiger partial charge on any atom is -0.500 e. The van der Waals surface area contributed by atoms with Crippen LogP contribution in [0.1, 0.15) is 13.8 Å². The van der Waals surface area contributed by atoms with Gasteiger partial charge in [-0.2, -0.15) is 0 Å². The third kappa shape index (κ3) is 8.56. The zero-order valence-electron chi connectivity index (χ0n) is 25.1. The van der Waals surface area contributed by atoms with Gasteiger partial charge in [-0.25, -0.2) is 4.98 Å². The first-order valence-corrected chi connectivity index (χ1v) is 14.2. The van der Waals surface area contributed by atoms with Crippen molar-refractivity contribution in [3.05, 3.63) is 79.2 Å². The van der Waals surface area contributed by atoms with Crippen molar-refractivity contribution in [3.63, 3.8) is 0 Å². The van der Waals surface area contributed by atoms with Crippen LogP contribution in [-0.4, -0.2) is 74.8 Å². The summed E-state index contributed by atoms with van der Waals surface area (Å²) in [6, 6.07) is 12.1. The minimum atomic E-state index is -0.534. The summed E-state index contributed by atoms with van der Waals surface area (Å²) >= 11 is 0. The van der Waals surface area contributed by atoms with E-state index in [0.29, 0.717) is 57.0 Å². The number of rotatable bonds is 17. The number of esters is 1. The molecule has 0 bridgehead atoms.